The Morgan fingerprint density at radius 1 is 0.762 bits per heavy atom. The molecule has 0 amide bonds. The van der Waals surface area contributed by atoms with Gasteiger partial charge in [-0.1, -0.05) is 67.4 Å². The highest BCUT2D eigenvalue weighted by molar-refractivity contribution is 5.64. The summed E-state index contributed by atoms with van der Waals surface area (Å²) in [5.74, 6) is 0. The Balaban J connectivity index is 0.000000486. The van der Waals surface area contributed by atoms with Crippen LogP contribution in [0.3, 0.4) is 0 Å². The van der Waals surface area contributed by atoms with Crippen molar-refractivity contribution < 1.29 is 0 Å². The molecule has 0 aliphatic rings. The molecule has 2 nitrogen and oxygen atoms in total. The van der Waals surface area contributed by atoms with Gasteiger partial charge in [-0.3, -0.25) is 0 Å². The number of nitrogens with two attached hydrogens (primary N) is 2. The molecule has 0 saturated carbocycles. The number of rotatable bonds is 5. The molecule has 1 aromatic rings. The zero-order chi connectivity index (χ0) is 16.7. The van der Waals surface area contributed by atoms with Crippen molar-refractivity contribution in [1.82, 2.24) is 0 Å². The average molecular weight is 293 g/mol. The summed E-state index contributed by atoms with van der Waals surface area (Å²) in [5, 5.41) is 0. The molecule has 0 saturated heterocycles. The Morgan fingerprint density at radius 3 is 1.52 bits per heavy atom. The number of benzene rings is 1. The summed E-state index contributed by atoms with van der Waals surface area (Å²) in [7, 11) is 0. The van der Waals surface area contributed by atoms with Crippen LogP contribution in [0.15, 0.2) is 18.2 Å². The Bertz CT molecular complexity index is 412. The second kappa shape index (κ2) is 8.31. The van der Waals surface area contributed by atoms with Gasteiger partial charge >= 0.3 is 0 Å². The van der Waals surface area contributed by atoms with Gasteiger partial charge in [0.15, 0.2) is 0 Å². The highest BCUT2D eigenvalue weighted by Crippen LogP contribution is 2.33. The summed E-state index contributed by atoms with van der Waals surface area (Å²) in [6, 6.07) is 5.98. The fourth-order valence-electron chi connectivity index (χ4n) is 1.86. The molecule has 0 aliphatic carbocycles. The Labute approximate surface area is 132 Å². The summed E-state index contributed by atoms with van der Waals surface area (Å²) in [5.41, 5.74) is 14.9. The molecule has 0 aromatic heterocycles. The molecule has 0 radical (unpaired) electrons. The highest BCUT2D eigenvalue weighted by Gasteiger charge is 2.22. The van der Waals surface area contributed by atoms with E-state index in [4.69, 9.17) is 11.5 Å². The Kier molecular flexibility index (Phi) is 7.84. The highest BCUT2D eigenvalue weighted by atomic mass is 14.7. The third-order valence-electron chi connectivity index (χ3n) is 5.26. The van der Waals surface area contributed by atoms with E-state index in [1.54, 1.807) is 0 Å². The van der Waals surface area contributed by atoms with Gasteiger partial charge in [0.25, 0.3) is 0 Å². The fraction of sp³-hybridized carbons (Fsp3) is 0.684. The predicted molar refractivity (Wildman–Crippen MR) is 97.6 cm³/mol. The molecular weight excluding hydrogens is 256 g/mol. The van der Waals surface area contributed by atoms with E-state index < -0.39 is 0 Å². The lowest BCUT2D eigenvalue weighted by Crippen LogP contribution is -2.19. The fourth-order valence-corrected chi connectivity index (χ4v) is 1.86. The number of hydrogen-bond acceptors (Lipinski definition) is 2. The van der Waals surface area contributed by atoms with Gasteiger partial charge in [0.2, 0.25) is 0 Å². The van der Waals surface area contributed by atoms with Crippen molar-refractivity contribution in [3.8, 4) is 0 Å². The van der Waals surface area contributed by atoms with Crippen LogP contribution in [0, 0.1) is 5.41 Å². The molecular formula is C19H36N2. The van der Waals surface area contributed by atoms with Gasteiger partial charge in [0.05, 0.1) is 11.4 Å². The summed E-state index contributed by atoms with van der Waals surface area (Å²) >= 11 is 0. The molecule has 0 spiro atoms. The van der Waals surface area contributed by atoms with Gasteiger partial charge < -0.3 is 11.5 Å². The lowest BCUT2D eigenvalue weighted by molar-refractivity contribution is 0.338. The largest absolute Gasteiger partial charge is 0.397 e. The first-order valence-corrected chi connectivity index (χ1v) is 8.31. The maximum Gasteiger partial charge on any atom is 0.0550 e. The average Bonchev–Trinajstić information content (AvgIpc) is 2.49. The van der Waals surface area contributed by atoms with Crippen LogP contribution in [0.25, 0.3) is 0 Å². The molecule has 0 atom stereocenters. The first kappa shape index (κ1) is 19.8. The van der Waals surface area contributed by atoms with E-state index in [2.05, 4.69) is 54.5 Å². The number of hydrogen-bond donors (Lipinski definition) is 2. The van der Waals surface area contributed by atoms with Crippen LogP contribution in [0.2, 0.25) is 0 Å². The van der Waals surface area contributed by atoms with Gasteiger partial charge in [0, 0.05) is 0 Å². The lowest BCUT2D eigenvalue weighted by Gasteiger charge is -2.27. The molecule has 2 heteroatoms. The molecule has 0 unspecified atom stereocenters. The standard InChI is InChI=1S/C12H20N2.C7H16/c1-4-12(3,5-2)9-6-7-10(13)11(14)8-9;1-5-7(3,4)6-2/h6-8H,4-5,13-14H2,1-3H3;5-6H2,1-4H3. The van der Waals surface area contributed by atoms with Gasteiger partial charge in [-0.05, 0) is 41.4 Å². The predicted octanol–water partition coefficient (Wildman–Crippen LogP) is 5.76. The van der Waals surface area contributed by atoms with E-state index in [1.807, 2.05) is 12.1 Å². The van der Waals surface area contributed by atoms with Gasteiger partial charge in [-0.15, -0.1) is 0 Å². The van der Waals surface area contributed by atoms with Crippen LogP contribution >= 0.6 is 0 Å². The zero-order valence-electron chi connectivity index (χ0n) is 15.2. The van der Waals surface area contributed by atoms with Crippen LogP contribution in [0.1, 0.15) is 79.7 Å². The van der Waals surface area contributed by atoms with Crippen LogP contribution in [-0.2, 0) is 5.41 Å². The molecule has 21 heavy (non-hydrogen) atoms. The second-order valence-corrected chi connectivity index (χ2v) is 6.98. The molecule has 122 valence electrons. The van der Waals surface area contributed by atoms with Crippen LogP contribution in [-0.4, -0.2) is 0 Å². The molecule has 0 aliphatic heterocycles. The smallest absolute Gasteiger partial charge is 0.0550 e. The van der Waals surface area contributed by atoms with Crippen molar-refractivity contribution >= 4 is 11.4 Å². The maximum atomic E-state index is 5.80. The van der Waals surface area contributed by atoms with Crippen molar-refractivity contribution in [2.24, 2.45) is 5.41 Å². The quantitative estimate of drug-likeness (QED) is 0.678. The molecule has 1 rings (SSSR count). The van der Waals surface area contributed by atoms with Gasteiger partial charge in [-0.25, -0.2) is 0 Å². The monoisotopic (exact) mass is 292 g/mol. The first-order valence-electron chi connectivity index (χ1n) is 8.31. The van der Waals surface area contributed by atoms with E-state index in [1.165, 1.54) is 18.4 Å². The second-order valence-electron chi connectivity index (χ2n) is 6.98. The van der Waals surface area contributed by atoms with E-state index >= 15 is 0 Å². The Hall–Kier alpha value is -1.18. The van der Waals surface area contributed by atoms with Crippen molar-refractivity contribution in [3.05, 3.63) is 23.8 Å². The maximum absolute atomic E-state index is 5.80. The third kappa shape index (κ3) is 5.99. The molecule has 0 heterocycles. The van der Waals surface area contributed by atoms with Crippen molar-refractivity contribution in [1.29, 1.82) is 0 Å². The zero-order valence-corrected chi connectivity index (χ0v) is 15.2. The van der Waals surface area contributed by atoms with Crippen molar-refractivity contribution in [3.63, 3.8) is 0 Å². The molecule has 1 aromatic carbocycles. The van der Waals surface area contributed by atoms with E-state index in [0.717, 1.165) is 12.8 Å². The molecule has 0 bridgehead atoms. The van der Waals surface area contributed by atoms with Crippen LogP contribution in [0.4, 0.5) is 11.4 Å². The number of anilines is 2. The number of nitrogen functional groups attached to an aromatic ring is 2. The minimum atomic E-state index is 0.224. The third-order valence-corrected chi connectivity index (χ3v) is 5.26. The van der Waals surface area contributed by atoms with E-state index in [0.29, 0.717) is 16.8 Å². The molecule has 0 fully saturated rings. The summed E-state index contributed by atoms with van der Waals surface area (Å²) in [6.07, 6.45) is 4.83. The normalized spacial score (nSPS) is 11.8. The minimum Gasteiger partial charge on any atom is -0.397 e. The summed E-state index contributed by atoms with van der Waals surface area (Å²) in [4.78, 5) is 0. The lowest BCUT2D eigenvalue weighted by atomic mass is 9.78. The van der Waals surface area contributed by atoms with Crippen molar-refractivity contribution in [2.45, 2.75) is 79.6 Å². The minimum absolute atomic E-state index is 0.224. The van der Waals surface area contributed by atoms with E-state index in [-0.39, 0.29) is 5.41 Å². The van der Waals surface area contributed by atoms with Crippen LogP contribution in [0.5, 0.6) is 0 Å². The topological polar surface area (TPSA) is 52.0 Å². The Morgan fingerprint density at radius 2 is 1.24 bits per heavy atom. The SMILES string of the molecule is CCC(C)(C)CC.CCC(C)(CC)c1ccc(N)c(N)c1. The van der Waals surface area contributed by atoms with Gasteiger partial charge in [0.1, 0.15) is 0 Å². The molecule has 4 N–H and O–H groups in total. The van der Waals surface area contributed by atoms with Gasteiger partial charge in [-0.2, -0.15) is 0 Å². The summed E-state index contributed by atoms with van der Waals surface area (Å²) in [6.45, 7) is 15.7. The first-order chi connectivity index (χ1) is 9.65. The van der Waals surface area contributed by atoms with Crippen molar-refractivity contribution in [2.75, 3.05) is 11.5 Å². The summed E-state index contributed by atoms with van der Waals surface area (Å²) < 4.78 is 0. The van der Waals surface area contributed by atoms with E-state index in [9.17, 15) is 0 Å². The van der Waals surface area contributed by atoms with Crippen LogP contribution < -0.4 is 11.5 Å².